The summed E-state index contributed by atoms with van der Waals surface area (Å²) in [6.45, 7) is 4.07. The molecule has 0 radical (unpaired) electrons. The van der Waals surface area contributed by atoms with Gasteiger partial charge >= 0.3 is 0 Å². The highest BCUT2D eigenvalue weighted by molar-refractivity contribution is 8.26. The van der Waals surface area contributed by atoms with Crippen molar-refractivity contribution in [3.63, 3.8) is 0 Å². The summed E-state index contributed by atoms with van der Waals surface area (Å²) in [6.07, 6.45) is 1.73. The van der Waals surface area contributed by atoms with E-state index in [0.29, 0.717) is 15.1 Å². The van der Waals surface area contributed by atoms with Crippen molar-refractivity contribution in [2.24, 2.45) is 0 Å². The number of thioether (sulfide) groups is 1. The first kappa shape index (κ1) is 18.1. The van der Waals surface area contributed by atoms with Gasteiger partial charge in [-0.1, -0.05) is 62.1 Å². The molecule has 1 aliphatic heterocycles. The third kappa shape index (κ3) is 4.87. The normalized spacial score (nSPS) is 17.6. The van der Waals surface area contributed by atoms with Crippen LogP contribution < -0.4 is 0 Å². The number of thiocarbonyl (C=S) groups is 1. The Morgan fingerprint density at radius 2 is 1.91 bits per heavy atom. The molecule has 0 saturated carbocycles. The summed E-state index contributed by atoms with van der Waals surface area (Å²) >= 11 is 6.24. The highest BCUT2D eigenvalue weighted by Crippen LogP contribution is 2.32. The SMILES string of the molecule is CC(C)c1ccc(/C=C2/SC(=S)N(CCS(=O)(=O)O)C2=O)cc1. The second-order valence-corrected chi connectivity index (χ2v) is 8.69. The molecule has 1 amide bonds. The Labute approximate surface area is 145 Å². The van der Waals surface area contributed by atoms with Crippen LogP contribution >= 0.6 is 24.0 Å². The molecule has 5 nitrogen and oxygen atoms in total. The number of benzene rings is 1. The lowest BCUT2D eigenvalue weighted by Gasteiger charge is -2.12. The largest absolute Gasteiger partial charge is 0.292 e. The van der Waals surface area contributed by atoms with E-state index in [1.54, 1.807) is 6.08 Å². The highest BCUT2D eigenvalue weighted by atomic mass is 32.2. The molecule has 23 heavy (non-hydrogen) atoms. The van der Waals surface area contributed by atoms with Crippen molar-refractivity contribution in [3.05, 3.63) is 40.3 Å². The summed E-state index contributed by atoms with van der Waals surface area (Å²) < 4.78 is 30.7. The monoisotopic (exact) mass is 371 g/mol. The first-order valence-corrected chi connectivity index (χ1v) is 9.81. The fourth-order valence-electron chi connectivity index (χ4n) is 2.03. The van der Waals surface area contributed by atoms with Crippen LogP contribution in [0.5, 0.6) is 0 Å². The van der Waals surface area contributed by atoms with Crippen LogP contribution in [0.3, 0.4) is 0 Å². The quantitative estimate of drug-likeness (QED) is 0.487. The molecule has 1 saturated heterocycles. The molecule has 0 atom stereocenters. The zero-order valence-electron chi connectivity index (χ0n) is 12.7. The molecule has 0 aromatic heterocycles. The summed E-state index contributed by atoms with van der Waals surface area (Å²) in [4.78, 5) is 13.9. The fourth-order valence-corrected chi connectivity index (χ4v) is 3.75. The molecule has 1 aromatic carbocycles. The van der Waals surface area contributed by atoms with Crippen LogP contribution in [-0.4, -0.2) is 40.4 Å². The smallest absolute Gasteiger partial charge is 0.266 e. The highest BCUT2D eigenvalue weighted by Gasteiger charge is 2.32. The van der Waals surface area contributed by atoms with Crippen LogP contribution in [0.15, 0.2) is 29.2 Å². The second-order valence-electron chi connectivity index (χ2n) is 5.44. The van der Waals surface area contributed by atoms with Gasteiger partial charge in [-0.2, -0.15) is 8.42 Å². The minimum atomic E-state index is -4.13. The Kier molecular flexibility index (Phi) is 5.61. The molecule has 2 rings (SSSR count). The molecule has 1 aromatic rings. The number of hydrogen-bond donors (Lipinski definition) is 1. The lowest BCUT2D eigenvalue weighted by atomic mass is 10.0. The number of rotatable bonds is 5. The van der Waals surface area contributed by atoms with Crippen molar-refractivity contribution in [3.8, 4) is 0 Å². The summed E-state index contributed by atoms with van der Waals surface area (Å²) in [5.41, 5.74) is 2.09. The van der Waals surface area contributed by atoms with E-state index < -0.39 is 15.9 Å². The maximum absolute atomic E-state index is 12.3. The van der Waals surface area contributed by atoms with Gasteiger partial charge in [0, 0.05) is 6.54 Å². The first-order valence-electron chi connectivity index (χ1n) is 6.98. The molecule has 1 aliphatic rings. The summed E-state index contributed by atoms with van der Waals surface area (Å²) in [5, 5.41) is 0. The van der Waals surface area contributed by atoms with Crippen molar-refractivity contribution < 1.29 is 17.8 Å². The summed E-state index contributed by atoms with van der Waals surface area (Å²) in [7, 11) is -4.13. The van der Waals surface area contributed by atoms with Crippen LogP contribution in [0.25, 0.3) is 6.08 Å². The molecule has 0 unspecified atom stereocenters. The molecule has 1 heterocycles. The number of carbonyl (C=O) groups excluding carboxylic acids is 1. The van der Waals surface area contributed by atoms with Gasteiger partial charge in [0.05, 0.1) is 10.7 Å². The van der Waals surface area contributed by atoms with Crippen LogP contribution in [-0.2, 0) is 14.9 Å². The van der Waals surface area contributed by atoms with Crippen molar-refractivity contribution in [1.29, 1.82) is 0 Å². The Hall–Kier alpha value is -1.22. The molecular formula is C15H17NO4S3. The lowest BCUT2D eigenvalue weighted by Crippen LogP contribution is -2.32. The van der Waals surface area contributed by atoms with E-state index in [4.69, 9.17) is 16.8 Å². The van der Waals surface area contributed by atoms with E-state index in [1.807, 2.05) is 24.3 Å². The predicted molar refractivity (Wildman–Crippen MR) is 96.8 cm³/mol. The maximum Gasteiger partial charge on any atom is 0.266 e. The third-order valence-corrected chi connectivity index (χ3v) is 5.42. The Morgan fingerprint density at radius 3 is 2.43 bits per heavy atom. The van der Waals surface area contributed by atoms with Gasteiger partial charge in [0.15, 0.2) is 0 Å². The maximum atomic E-state index is 12.3. The van der Waals surface area contributed by atoms with Gasteiger partial charge < -0.3 is 0 Å². The number of nitrogens with zero attached hydrogens (tertiary/aromatic N) is 1. The van der Waals surface area contributed by atoms with Gasteiger partial charge in [-0.3, -0.25) is 14.2 Å². The van der Waals surface area contributed by atoms with E-state index >= 15 is 0 Å². The van der Waals surface area contributed by atoms with Crippen LogP contribution in [0.2, 0.25) is 0 Å². The molecule has 0 bridgehead atoms. The van der Waals surface area contributed by atoms with E-state index in [1.165, 1.54) is 10.5 Å². The second kappa shape index (κ2) is 7.12. The minimum absolute atomic E-state index is 0.146. The van der Waals surface area contributed by atoms with E-state index in [0.717, 1.165) is 17.3 Å². The molecule has 1 fully saturated rings. The topological polar surface area (TPSA) is 74.7 Å². The average Bonchev–Trinajstić information content (AvgIpc) is 2.71. The Bertz CT molecular complexity index is 751. The molecule has 0 aliphatic carbocycles. The number of carbonyl (C=O) groups is 1. The van der Waals surface area contributed by atoms with Gasteiger partial charge in [-0.15, -0.1) is 0 Å². The van der Waals surface area contributed by atoms with E-state index in [-0.39, 0.29) is 12.5 Å². The van der Waals surface area contributed by atoms with Crippen molar-refractivity contribution in [2.75, 3.05) is 12.3 Å². The van der Waals surface area contributed by atoms with Crippen LogP contribution in [0.4, 0.5) is 0 Å². The minimum Gasteiger partial charge on any atom is -0.292 e. The fraction of sp³-hybridized carbons (Fsp3) is 0.333. The Balaban J connectivity index is 2.14. The van der Waals surface area contributed by atoms with E-state index in [2.05, 4.69) is 13.8 Å². The summed E-state index contributed by atoms with van der Waals surface area (Å²) in [5.74, 6) is -0.435. The summed E-state index contributed by atoms with van der Waals surface area (Å²) in [6, 6.07) is 7.88. The number of hydrogen-bond acceptors (Lipinski definition) is 5. The van der Waals surface area contributed by atoms with Crippen molar-refractivity contribution >= 4 is 50.4 Å². The van der Waals surface area contributed by atoms with Crippen molar-refractivity contribution in [1.82, 2.24) is 4.90 Å². The molecular weight excluding hydrogens is 354 g/mol. The zero-order valence-corrected chi connectivity index (χ0v) is 15.2. The Morgan fingerprint density at radius 1 is 1.30 bits per heavy atom. The standard InChI is InChI=1S/C15H17NO4S3/c1-10(2)12-5-3-11(4-6-12)9-13-14(17)16(15(21)22-13)7-8-23(18,19)20/h3-6,9-10H,7-8H2,1-2H3,(H,18,19,20)/b13-9+. The number of amides is 1. The van der Waals surface area contributed by atoms with Gasteiger partial charge in [0.25, 0.3) is 16.0 Å². The van der Waals surface area contributed by atoms with Gasteiger partial charge in [0.2, 0.25) is 0 Å². The van der Waals surface area contributed by atoms with Crippen LogP contribution in [0.1, 0.15) is 30.9 Å². The van der Waals surface area contributed by atoms with Gasteiger partial charge in [0.1, 0.15) is 4.32 Å². The van der Waals surface area contributed by atoms with Gasteiger partial charge in [-0.05, 0) is 23.1 Å². The van der Waals surface area contributed by atoms with Crippen LogP contribution in [0, 0.1) is 0 Å². The lowest BCUT2D eigenvalue weighted by molar-refractivity contribution is -0.121. The molecule has 0 spiro atoms. The zero-order chi connectivity index (χ0) is 17.2. The molecule has 1 N–H and O–H groups in total. The molecule has 8 heteroatoms. The third-order valence-electron chi connectivity index (χ3n) is 3.35. The first-order chi connectivity index (χ1) is 10.7. The average molecular weight is 372 g/mol. The predicted octanol–water partition coefficient (Wildman–Crippen LogP) is 2.90. The van der Waals surface area contributed by atoms with E-state index in [9.17, 15) is 13.2 Å². The molecule has 124 valence electrons. The van der Waals surface area contributed by atoms with Gasteiger partial charge in [-0.25, -0.2) is 0 Å². The van der Waals surface area contributed by atoms with Crippen molar-refractivity contribution in [2.45, 2.75) is 19.8 Å².